The number of benzene rings is 4. The lowest BCUT2D eigenvalue weighted by Crippen LogP contribution is -1.97. The summed E-state index contributed by atoms with van der Waals surface area (Å²) in [5, 5.41) is 5.67. The first kappa shape index (κ1) is 18.8. The van der Waals surface area contributed by atoms with Gasteiger partial charge >= 0.3 is 0 Å². The van der Waals surface area contributed by atoms with E-state index in [1.165, 1.54) is 0 Å². The van der Waals surface area contributed by atoms with Crippen molar-refractivity contribution < 1.29 is 4.79 Å². The van der Waals surface area contributed by atoms with E-state index in [1.807, 2.05) is 97.1 Å². The van der Waals surface area contributed by atoms with E-state index < -0.39 is 0 Å². The van der Waals surface area contributed by atoms with Crippen LogP contribution in [0.3, 0.4) is 0 Å². The van der Waals surface area contributed by atoms with Crippen molar-refractivity contribution in [2.24, 2.45) is 0 Å². The number of ketones is 1. The molecule has 5 aromatic rings. The van der Waals surface area contributed by atoms with Gasteiger partial charge in [0.2, 0.25) is 0 Å². The highest BCUT2D eigenvalue weighted by molar-refractivity contribution is 6.09. The van der Waals surface area contributed by atoms with Crippen LogP contribution in [0.2, 0.25) is 0 Å². The van der Waals surface area contributed by atoms with Gasteiger partial charge in [-0.05, 0) is 48.0 Å². The van der Waals surface area contributed by atoms with E-state index in [4.69, 9.17) is 4.98 Å². The minimum atomic E-state index is -0.0183. The third-order valence-corrected chi connectivity index (χ3v) is 5.25. The Labute approximate surface area is 180 Å². The number of anilines is 2. The van der Waals surface area contributed by atoms with Crippen molar-refractivity contribution in [2.45, 2.75) is 0 Å². The minimum absolute atomic E-state index is 0.0183. The number of nitrogens with one attached hydrogen (secondary N) is 1. The number of carbonyl (C=O) groups is 1. The molecule has 0 bridgehead atoms. The third-order valence-electron chi connectivity index (χ3n) is 5.25. The Morgan fingerprint density at radius 1 is 0.677 bits per heavy atom. The summed E-state index contributed by atoms with van der Waals surface area (Å²) >= 11 is 0. The molecule has 0 saturated carbocycles. The van der Waals surface area contributed by atoms with Gasteiger partial charge < -0.3 is 5.32 Å². The van der Waals surface area contributed by atoms with E-state index in [0.717, 1.165) is 38.7 Å². The maximum absolute atomic E-state index is 12.5. The second-order valence-electron chi connectivity index (χ2n) is 7.33. The zero-order valence-electron chi connectivity index (χ0n) is 16.8. The highest BCUT2D eigenvalue weighted by atomic mass is 16.1. The summed E-state index contributed by atoms with van der Waals surface area (Å²) in [6, 6.07) is 33.6. The molecule has 0 saturated heterocycles. The van der Waals surface area contributed by atoms with Crippen LogP contribution in [0.5, 0.6) is 0 Å². The molecule has 0 spiro atoms. The highest BCUT2D eigenvalue weighted by Gasteiger charge is 2.09. The van der Waals surface area contributed by atoms with Crippen LogP contribution in [-0.2, 0) is 0 Å². The van der Waals surface area contributed by atoms with Crippen LogP contribution in [0.25, 0.3) is 27.9 Å². The third kappa shape index (κ3) is 3.94. The monoisotopic (exact) mass is 400 g/mol. The second-order valence-corrected chi connectivity index (χ2v) is 7.33. The number of carbonyl (C=O) groups excluding carboxylic acids is 1. The van der Waals surface area contributed by atoms with Crippen LogP contribution < -0.4 is 5.32 Å². The molecule has 3 heteroatoms. The zero-order chi connectivity index (χ0) is 21.0. The van der Waals surface area contributed by atoms with Gasteiger partial charge in [-0.2, -0.15) is 0 Å². The highest BCUT2D eigenvalue weighted by Crippen LogP contribution is 2.33. The first-order valence-electron chi connectivity index (χ1n) is 10.2. The number of fused-ring (bicyclic) bond motifs is 2. The Hall–Kier alpha value is -4.24. The SMILES string of the molecule is O=C(/C=C/c1ccccc1)c1ccc(Nc2c3ccccc3nc3ccccc23)cc1. The molecular formula is C28H20N2O. The molecular weight excluding hydrogens is 380 g/mol. The molecule has 0 aliphatic carbocycles. The summed E-state index contributed by atoms with van der Waals surface area (Å²) in [7, 11) is 0. The normalized spacial score (nSPS) is 11.2. The number of hydrogen-bond donors (Lipinski definition) is 1. The number of nitrogens with zero attached hydrogens (tertiary/aromatic N) is 1. The van der Waals surface area contributed by atoms with Crippen LogP contribution >= 0.6 is 0 Å². The largest absolute Gasteiger partial charge is 0.354 e. The van der Waals surface area contributed by atoms with Crippen molar-refractivity contribution in [2.75, 3.05) is 5.32 Å². The van der Waals surface area contributed by atoms with E-state index in [2.05, 4.69) is 17.4 Å². The molecule has 0 radical (unpaired) electrons. The number of hydrogen-bond acceptors (Lipinski definition) is 3. The first-order chi connectivity index (χ1) is 15.3. The van der Waals surface area contributed by atoms with E-state index in [-0.39, 0.29) is 5.78 Å². The van der Waals surface area contributed by atoms with E-state index >= 15 is 0 Å². The first-order valence-corrected chi connectivity index (χ1v) is 10.2. The average molecular weight is 400 g/mol. The van der Waals surface area contributed by atoms with Gasteiger partial charge in [-0.1, -0.05) is 72.8 Å². The molecule has 4 aromatic carbocycles. The molecule has 0 unspecified atom stereocenters. The predicted molar refractivity (Wildman–Crippen MR) is 129 cm³/mol. The molecule has 0 aliphatic rings. The second kappa shape index (κ2) is 8.25. The van der Waals surface area contributed by atoms with Crippen molar-refractivity contribution in [1.82, 2.24) is 4.98 Å². The van der Waals surface area contributed by atoms with E-state index in [0.29, 0.717) is 5.56 Å². The van der Waals surface area contributed by atoms with Crippen molar-refractivity contribution in [1.29, 1.82) is 0 Å². The number of aromatic nitrogens is 1. The summed E-state index contributed by atoms with van der Waals surface area (Å²) in [6.45, 7) is 0. The summed E-state index contributed by atoms with van der Waals surface area (Å²) in [4.78, 5) is 17.3. The summed E-state index contributed by atoms with van der Waals surface area (Å²) in [6.07, 6.45) is 3.45. The van der Waals surface area contributed by atoms with E-state index in [1.54, 1.807) is 6.08 Å². The van der Waals surface area contributed by atoms with Crippen molar-refractivity contribution in [3.05, 3.63) is 120 Å². The number of rotatable bonds is 5. The fourth-order valence-corrected chi connectivity index (χ4v) is 3.67. The molecule has 0 aliphatic heterocycles. The summed E-state index contributed by atoms with van der Waals surface area (Å²) < 4.78 is 0. The van der Waals surface area contributed by atoms with Crippen LogP contribution in [0.4, 0.5) is 11.4 Å². The Morgan fingerprint density at radius 3 is 1.90 bits per heavy atom. The zero-order valence-corrected chi connectivity index (χ0v) is 16.8. The Kier molecular flexibility index (Phi) is 4.99. The fraction of sp³-hybridized carbons (Fsp3) is 0. The molecule has 0 amide bonds. The quantitative estimate of drug-likeness (QED) is 0.196. The van der Waals surface area contributed by atoms with Gasteiger partial charge in [0.15, 0.2) is 5.78 Å². The maximum atomic E-state index is 12.5. The van der Waals surface area contributed by atoms with Gasteiger partial charge in [0, 0.05) is 22.0 Å². The van der Waals surface area contributed by atoms with Crippen LogP contribution in [0.1, 0.15) is 15.9 Å². The van der Waals surface area contributed by atoms with Gasteiger partial charge in [0.05, 0.1) is 16.7 Å². The topological polar surface area (TPSA) is 42.0 Å². The Balaban J connectivity index is 1.44. The minimum Gasteiger partial charge on any atom is -0.354 e. The van der Waals surface area contributed by atoms with Gasteiger partial charge in [-0.3, -0.25) is 4.79 Å². The van der Waals surface area contributed by atoms with Gasteiger partial charge in [0.1, 0.15) is 0 Å². The number of allylic oxidation sites excluding steroid dienone is 1. The van der Waals surface area contributed by atoms with E-state index in [9.17, 15) is 4.79 Å². The molecule has 148 valence electrons. The fourth-order valence-electron chi connectivity index (χ4n) is 3.67. The lowest BCUT2D eigenvalue weighted by Gasteiger charge is -2.13. The Bertz CT molecular complexity index is 1350. The smallest absolute Gasteiger partial charge is 0.185 e. The van der Waals surface area contributed by atoms with Crippen LogP contribution in [-0.4, -0.2) is 10.8 Å². The molecule has 3 nitrogen and oxygen atoms in total. The molecule has 1 heterocycles. The molecule has 5 rings (SSSR count). The molecule has 1 aromatic heterocycles. The molecule has 1 N–H and O–H groups in total. The van der Waals surface area contributed by atoms with Gasteiger partial charge in [-0.25, -0.2) is 4.98 Å². The van der Waals surface area contributed by atoms with Crippen molar-refractivity contribution in [3.8, 4) is 0 Å². The standard InChI is InChI=1S/C28H20N2O/c31-27(19-14-20-8-2-1-3-9-20)21-15-17-22(18-16-21)29-28-23-10-4-6-12-25(23)30-26-13-7-5-11-24(26)28/h1-19H,(H,29,30)/b19-14+. The lowest BCUT2D eigenvalue weighted by molar-refractivity contribution is 0.104. The summed E-state index contributed by atoms with van der Waals surface area (Å²) in [5.74, 6) is -0.0183. The molecule has 0 atom stereocenters. The predicted octanol–water partition coefficient (Wildman–Crippen LogP) is 7.03. The number of pyridine rings is 1. The average Bonchev–Trinajstić information content (AvgIpc) is 2.83. The van der Waals surface area contributed by atoms with Crippen molar-refractivity contribution in [3.63, 3.8) is 0 Å². The van der Waals surface area contributed by atoms with Crippen LogP contribution in [0.15, 0.2) is 109 Å². The van der Waals surface area contributed by atoms with Crippen molar-refractivity contribution >= 4 is 45.0 Å². The maximum Gasteiger partial charge on any atom is 0.185 e. The molecule has 31 heavy (non-hydrogen) atoms. The Morgan fingerprint density at radius 2 is 1.26 bits per heavy atom. The van der Waals surface area contributed by atoms with Crippen LogP contribution in [0, 0.1) is 0 Å². The molecule has 0 fully saturated rings. The van der Waals surface area contributed by atoms with Gasteiger partial charge in [0.25, 0.3) is 0 Å². The lowest BCUT2D eigenvalue weighted by atomic mass is 10.1. The summed E-state index contributed by atoms with van der Waals surface area (Å²) in [5.41, 5.74) is 5.49. The van der Waals surface area contributed by atoms with Gasteiger partial charge in [-0.15, -0.1) is 0 Å². The number of para-hydroxylation sites is 2.